The smallest absolute Gasteiger partial charge is 0.338 e. The van der Waals surface area contributed by atoms with E-state index in [0.717, 1.165) is 0 Å². The molecule has 0 amide bonds. The van der Waals surface area contributed by atoms with Crippen LogP contribution >= 0.6 is 0 Å². The van der Waals surface area contributed by atoms with Crippen molar-refractivity contribution < 1.29 is 38.2 Å². The Labute approximate surface area is 276 Å². The highest BCUT2D eigenvalue weighted by molar-refractivity contribution is 6.03. The normalized spacial score (nSPS) is 31.3. The molecular weight excluding hydrogens is 596 g/mol. The molecule has 0 heterocycles. The molecule has 5 rings (SSSR count). The molecule has 0 aromatic heterocycles. The molecule has 47 heavy (non-hydrogen) atoms. The molecule has 3 aliphatic carbocycles. The van der Waals surface area contributed by atoms with Gasteiger partial charge in [-0.15, -0.1) is 0 Å². The van der Waals surface area contributed by atoms with E-state index in [4.69, 9.17) is 14.2 Å². The Bertz CT molecular complexity index is 1610. The zero-order chi connectivity index (χ0) is 34.3. The number of hydrogen-bond donors (Lipinski definition) is 0. The van der Waals surface area contributed by atoms with Crippen LogP contribution < -0.4 is 0 Å². The molecule has 8 heteroatoms. The standard InChI is InChI=1S/C39H44O8/c1-22-18-30-31(38(30,6)7)20-33(46-37(44)28-16-12-9-13-17-28)24(3)35(45-25(4)40)34-29(19-32(42)27-14-10-8-11-15-27)23(2)21-39(34,36(22)43)47-26(5)41/h8-18,23,29-31,33-35H,3,19-21H2,1-2,4-7H3/t23-,29-,30-,31-,33+,34+,35-,39+/m0/s1. The third-order valence-electron chi connectivity index (χ3n) is 10.6. The maximum Gasteiger partial charge on any atom is 0.338 e. The van der Waals surface area contributed by atoms with Crippen molar-refractivity contribution in [1.29, 1.82) is 0 Å². The molecule has 0 aliphatic heterocycles. The highest BCUT2D eigenvalue weighted by Gasteiger charge is 2.65. The number of fused-ring (bicyclic) bond motifs is 2. The van der Waals surface area contributed by atoms with Gasteiger partial charge in [0.2, 0.25) is 5.78 Å². The molecule has 2 fully saturated rings. The maximum atomic E-state index is 14.7. The van der Waals surface area contributed by atoms with Crippen LogP contribution in [-0.4, -0.2) is 47.3 Å². The lowest BCUT2D eigenvalue weighted by atomic mass is 9.72. The molecule has 0 bridgehead atoms. The van der Waals surface area contributed by atoms with Crippen molar-refractivity contribution in [2.24, 2.45) is 35.0 Å². The molecule has 248 valence electrons. The van der Waals surface area contributed by atoms with Gasteiger partial charge in [0.15, 0.2) is 11.4 Å². The van der Waals surface area contributed by atoms with E-state index in [1.165, 1.54) is 13.8 Å². The van der Waals surface area contributed by atoms with Crippen LogP contribution in [0.4, 0.5) is 0 Å². The summed E-state index contributed by atoms with van der Waals surface area (Å²) in [6.07, 6.45) is 0.320. The molecule has 0 radical (unpaired) electrons. The number of ketones is 2. The van der Waals surface area contributed by atoms with Gasteiger partial charge in [0.05, 0.1) is 11.5 Å². The molecule has 0 spiro atoms. The Morgan fingerprint density at radius 3 is 2.06 bits per heavy atom. The van der Waals surface area contributed by atoms with Crippen LogP contribution in [0.5, 0.6) is 0 Å². The van der Waals surface area contributed by atoms with Crippen LogP contribution in [0.25, 0.3) is 0 Å². The third-order valence-corrected chi connectivity index (χ3v) is 10.6. The summed E-state index contributed by atoms with van der Waals surface area (Å²) in [5, 5.41) is 0. The van der Waals surface area contributed by atoms with E-state index in [0.29, 0.717) is 23.1 Å². The average molecular weight is 641 g/mol. The first kappa shape index (κ1) is 34.0. The number of allylic oxidation sites excluding steroid dienone is 1. The van der Waals surface area contributed by atoms with Gasteiger partial charge in [-0.2, -0.15) is 0 Å². The summed E-state index contributed by atoms with van der Waals surface area (Å²) in [7, 11) is 0. The van der Waals surface area contributed by atoms with Crippen LogP contribution in [0.2, 0.25) is 0 Å². The first-order valence-electron chi connectivity index (χ1n) is 16.3. The van der Waals surface area contributed by atoms with Gasteiger partial charge in [-0.3, -0.25) is 19.2 Å². The lowest BCUT2D eigenvalue weighted by Gasteiger charge is -2.41. The number of carbonyl (C=O) groups excluding carboxylic acids is 5. The quantitative estimate of drug-likeness (QED) is 0.142. The molecule has 8 nitrogen and oxygen atoms in total. The molecule has 0 N–H and O–H groups in total. The molecule has 2 saturated carbocycles. The molecule has 0 saturated heterocycles. The number of ether oxygens (including phenoxy) is 3. The van der Waals surface area contributed by atoms with Crippen molar-refractivity contribution in [3.63, 3.8) is 0 Å². The summed E-state index contributed by atoms with van der Waals surface area (Å²) < 4.78 is 18.4. The Morgan fingerprint density at radius 1 is 0.894 bits per heavy atom. The van der Waals surface area contributed by atoms with Crippen LogP contribution in [0.3, 0.4) is 0 Å². The minimum Gasteiger partial charge on any atom is -0.457 e. The average Bonchev–Trinajstić information content (AvgIpc) is 3.41. The van der Waals surface area contributed by atoms with Gasteiger partial charge in [0, 0.05) is 31.4 Å². The maximum absolute atomic E-state index is 14.7. The molecule has 8 atom stereocenters. The monoisotopic (exact) mass is 640 g/mol. The van der Waals surface area contributed by atoms with Gasteiger partial charge < -0.3 is 14.2 Å². The van der Waals surface area contributed by atoms with Crippen molar-refractivity contribution >= 4 is 29.5 Å². The van der Waals surface area contributed by atoms with E-state index in [1.54, 1.807) is 61.5 Å². The second-order valence-corrected chi connectivity index (χ2v) is 14.1. The zero-order valence-electron chi connectivity index (χ0n) is 28.0. The van der Waals surface area contributed by atoms with Crippen molar-refractivity contribution in [1.82, 2.24) is 0 Å². The van der Waals surface area contributed by atoms with Gasteiger partial charge in [-0.1, -0.05) is 82.0 Å². The van der Waals surface area contributed by atoms with Crippen molar-refractivity contribution in [3.05, 3.63) is 95.6 Å². The Kier molecular flexibility index (Phi) is 9.45. The van der Waals surface area contributed by atoms with Crippen LogP contribution in [-0.2, 0) is 28.6 Å². The molecule has 2 aromatic carbocycles. The summed E-state index contributed by atoms with van der Waals surface area (Å²) in [4.78, 5) is 67.7. The fourth-order valence-corrected chi connectivity index (χ4v) is 8.14. The summed E-state index contributed by atoms with van der Waals surface area (Å²) in [6.45, 7) is 14.7. The molecule has 2 aromatic rings. The summed E-state index contributed by atoms with van der Waals surface area (Å²) in [5.41, 5.74) is -0.410. The van der Waals surface area contributed by atoms with Crippen molar-refractivity contribution in [3.8, 4) is 0 Å². The Balaban J connectivity index is 1.68. The van der Waals surface area contributed by atoms with E-state index in [2.05, 4.69) is 20.4 Å². The number of benzene rings is 2. The van der Waals surface area contributed by atoms with E-state index in [9.17, 15) is 24.0 Å². The van der Waals surface area contributed by atoms with Gasteiger partial charge >= 0.3 is 17.9 Å². The van der Waals surface area contributed by atoms with E-state index >= 15 is 0 Å². The van der Waals surface area contributed by atoms with Crippen LogP contribution in [0.15, 0.2) is 84.5 Å². The zero-order valence-corrected chi connectivity index (χ0v) is 28.0. The van der Waals surface area contributed by atoms with Crippen LogP contribution in [0, 0.1) is 35.0 Å². The summed E-state index contributed by atoms with van der Waals surface area (Å²) in [5.74, 6) is -4.26. The number of hydrogen-bond acceptors (Lipinski definition) is 8. The molecule has 0 unspecified atom stereocenters. The first-order valence-corrected chi connectivity index (χ1v) is 16.3. The highest BCUT2D eigenvalue weighted by Crippen LogP contribution is 2.63. The SMILES string of the molecule is C=C1[C@H](OC(=O)c2ccccc2)C[C@H]2[C@H](C=C(C)C(=O)[C@@]3(OC(C)=O)C[C@H](C)[C@H](CC(=O)c4ccccc4)[C@@H]3[C@H]1OC(C)=O)C2(C)C. The van der Waals surface area contributed by atoms with Crippen LogP contribution in [0.1, 0.15) is 81.5 Å². The fraction of sp³-hybridized carbons (Fsp3) is 0.462. The number of Topliss-reactive ketones (excluding diaryl/α,β-unsaturated/α-hetero) is 2. The van der Waals surface area contributed by atoms with Gasteiger partial charge in [0.25, 0.3) is 0 Å². The second-order valence-electron chi connectivity index (χ2n) is 14.1. The largest absolute Gasteiger partial charge is 0.457 e. The summed E-state index contributed by atoms with van der Waals surface area (Å²) in [6, 6.07) is 17.4. The molecule has 3 aliphatic rings. The fourth-order valence-electron chi connectivity index (χ4n) is 8.14. The highest BCUT2D eigenvalue weighted by atomic mass is 16.6. The summed E-state index contributed by atoms with van der Waals surface area (Å²) >= 11 is 0. The van der Waals surface area contributed by atoms with Crippen molar-refractivity contribution in [2.45, 2.75) is 78.6 Å². The minimum atomic E-state index is -1.76. The second kappa shape index (κ2) is 13.1. The Hall–Kier alpha value is -4.33. The molecular formula is C39H44O8. The minimum absolute atomic E-state index is 0.00665. The third kappa shape index (κ3) is 6.60. The Morgan fingerprint density at radius 2 is 1.49 bits per heavy atom. The number of esters is 3. The van der Waals surface area contributed by atoms with Gasteiger partial charge in [0.1, 0.15) is 12.2 Å². The predicted molar refractivity (Wildman–Crippen MR) is 175 cm³/mol. The van der Waals surface area contributed by atoms with Gasteiger partial charge in [-0.25, -0.2) is 4.79 Å². The lowest BCUT2D eigenvalue weighted by molar-refractivity contribution is -0.177. The van der Waals surface area contributed by atoms with Crippen molar-refractivity contribution in [2.75, 3.05) is 0 Å². The number of rotatable bonds is 7. The predicted octanol–water partition coefficient (Wildman–Crippen LogP) is 6.74. The van der Waals surface area contributed by atoms with E-state index in [-0.39, 0.29) is 53.1 Å². The van der Waals surface area contributed by atoms with Gasteiger partial charge in [-0.05, 0) is 66.6 Å². The van der Waals surface area contributed by atoms with E-state index in [1.807, 2.05) is 19.1 Å². The number of carbonyl (C=O) groups is 5. The van der Waals surface area contributed by atoms with E-state index < -0.39 is 47.6 Å². The lowest BCUT2D eigenvalue weighted by Crippen LogP contribution is -2.54. The topological polar surface area (TPSA) is 113 Å². The first-order chi connectivity index (χ1) is 22.2.